The van der Waals surface area contributed by atoms with Crippen LogP contribution in [-0.4, -0.2) is 32.1 Å². The van der Waals surface area contributed by atoms with Crippen LogP contribution < -0.4 is 0 Å². The van der Waals surface area contributed by atoms with Gasteiger partial charge in [0.25, 0.3) is 0 Å². The summed E-state index contributed by atoms with van der Waals surface area (Å²) in [6, 6.07) is 1.69. The number of phenolic OH excluding ortho intramolecular Hbond substituents is 3. The molecule has 0 saturated carbocycles. The number of hydrogen-bond donors (Lipinski definition) is 5. The Balaban J connectivity index is 0.000000462. The molecule has 4 N–H and O–H groups in total. The minimum atomic E-state index is -1.29. The molecule has 1 aromatic rings. The highest BCUT2D eigenvalue weighted by Crippen LogP contribution is 2.35. The summed E-state index contributed by atoms with van der Waals surface area (Å²) < 4.78 is 0. The standard InChI is InChI=1S/C12H26S.C7H6O5/c1-2-3-4-5-6-7-8-9-10-11-12-13;8-4-1-3(7(11)12)2-5(9)6(4)10/h13H,2-12H2,1H3;1-2,8-10H,(H,11,12). The Morgan fingerprint density at radius 1 is 0.840 bits per heavy atom. The molecule has 0 radical (unpaired) electrons. The van der Waals surface area contributed by atoms with E-state index < -0.39 is 23.2 Å². The molecule has 1 aromatic carbocycles. The van der Waals surface area contributed by atoms with Gasteiger partial charge in [0.2, 0.25) is 0 Å². The molecule has 1 rings (SSSR count). The van der Waals surface area contributed by atoms with E-state index in [1.807, 2.05) is 0 Å². The number of aromatic hydroxyl groups is 3. The molecule has 0 aliphatic heterocycles. The number of benzene rings is 1. The fourth-order valence-corrected chi connectivity index (χ4v) is 2.55. The second-order valence-corrected chi connectivity index (χ2v) is 6.52. The zero-order valence-corrected chi connectivity index (χ0v) is 16.0. The number of carboxylic acids is 1. The van der Waals surface area contributed by atoms with Crippen LogP contribution in [0.25, 0.3) is 0 Å². The average molecular weight is 373 g/mol. The number of unbranched alkanes of at least 4 members (excludes halogenated alkanes) is 9. The largest absolute Gasteiger partial charge is 0.504 e. The number of hydrogen-bond acceptors (Lipinski definition) is 5. The van der Waals surface area contributed by atoms with Crippen molar-refractivity contribution in [3.05, 3.63) is 17.7 Å². The molecule has 0 spiro atoms. The Kier molecular flexibility index (Phi) is 13.8. The van der Waals surface area contributed by atoms with E-state index in [0.717, 1.165) is 17.9 Å². The first-order valence-electron chi connectivity index (χ1n) is 9.03. The van der Waals surface area contributed by atoms with Gasteiger partial charge in [0.1, 0.15) is 0 Å². The van der Waals surface area contributed by atoms with E-state index in [4.69, 9.17) is 20.4 Å². The van der Waals surface area contributed by atoms with Gasteiger partial charge in [0, 0.05) is 0 Å². The molecule has 0 bridgehead atoms. The maximum Gasteiger partial charge on any atom is 0.335 e. The van der Waals surface area contributed by atoms with Gasteiger partial charge in [-0.2, -0.15) is 12.6 Å². The van der Waals surface area contributed by atoms with Crippen molar-refractivity contribution in [2.75, 3.05) is 5.75 Å². The van der Waals surface area contributed by atoms with E-state index in [0.29, 0.717) is 0 Å². The fraction of sp³-hybridized carbons (Fsp3) is 0.632. The first kappa shape index (κ1) is 23.4. The summed E-state index contributed by atoms with van der Waals surface area (Å²) in [5.74, 6) is -2.27. The lowest BCUT2D eigenvalue weighted by Gasteiger charge is -2.01. The third kappa shape index (κ3) is 11.6. The summed E-state index contributed by atoms with van der Waals surface area (Å²) >= 11 is 4.20. The van der Waals surface area contributed by atoms with Gasteiger partial charge in [-0.3, -0.25) is 0 Å². The molecule has 0 amide bonds. The minimum Gasteiger partial charge on any atom is -0.504 e. The third-order valence-corrected chi connectivity index (χ3v) is 4.14. The molecule has 144 valence electrons. The van der Waals surface area contributed by atoms with Crippen LogP contribution in [-0.2, 0) is 0 Å². The second-order valence-electron chi connectivity index (χ2n) is 6.07. The highest BCUT2D eigenvalue weighted by atomic mass is 32.1. The van der Waals surface area contributed by atoms with Crippen LogP contribution in [0.1, 0.15) is 81.5 Å². The predicted molar refractivity (Wildman–Crippen MR) is 104 cm³/mol. The van der Waals surface area contributed by atoms with Gasteiger partial charge in [0.05, 0.1) is 5.56 Å². The van der Waals surface area contributed by atoms with Gasteiger partial charge in [-0.25, -0.2) is 4.79 Å². The van der Waals surface area contributed by atoms with Gasteiger partial charge >= 0.3 is 5.97 Å². The number of aromatic carboxylic acids is 1. The molecule has 0 unspecified atom stereocenters. The van der Waals surface area contributed by atoms with Gasteiger partial charge in [0.15, 0.2) is 17.2 Å². The minimum absolute atomic E-state index is 0.289. The Morgan fingerprint density at radius 2 is 1.24 bits per heavy atom. The van der Waals surface area contributed by atoms with E-state index in [2.05, 4.69) is 19.6 Å². The molecular formula is C19H32O5S. The second kappa shape index (κ2) is 14.8. The van der Waals surface area contributed by atoms with E-state index in [1.54, 1.807) is 0 Å². The van der Waals surface area contributed by atoms with E-state index in [1.165, 1.54) is 64.2 Å². The summed E-state index contributed by atoms with van der Waals surface area (Å²) in [7, 11) is 0. The van der Waals surface area contributed by atoms with Crippen LogP contribution >= 0.6 is 12.6 Å². The van der Waals surface area contributed by atoms with Crippen LogP contribution in [0.5, 0.6) is 17.2 Å². The fourth-order valence-electron chi connectivity index (χ4n) is 2.33. The number of carboxylic acid groups (broad SMARTS) is 1. The van der Waals surface area contributed by atoms with Crippen LogP contribution in [0.2, 0.25) is 0 Å². The van der Waals surface area contributed by atoms with Crippen molar-refractivity contribution in [2.45, 2.75) is 71.1 Å². The third-order valence-electron chi connectivity index (χ3n) is 3.83. The van der Waals surface area contributed by atoms with Crippen molar-refractivity contribution in [3.8, 4) is 17.2 Å². The number of carbonyl (C=O) groups is 1. The van der Waals surface area contributed by atoms with Crippen molar-refractivity contribution in [1.29, 1.82) is 0 Å². The zero-order chi connectivity index (χ0) is 19.1. The smallest absolute Gasteiger partial charge is 0.335 e. The molecule has 0 aliphatic carbocycles. The van der Waals surface area contributed by atoms with E-state index >= 15 is 0 Å². The summed E-state index contributed by atoms with van der Waals surface area (Å²) in [6.07, 6.45) is 14.2. The summed E-state index contributed by atoms with van der Waals surface area (Å²) in [5, 5.41) is 35.0. The molecule has 0 atom stereocenters. The average Bonchev–Trinajstić information content (AvgIpc) is 2.58. The molecule has 0 fully saturated rings. The van der Waals surface area contributed by atoms with Crippen LogP contribution in [0.4, 0.5) is 0 Å². The lowest BCUT2D eigenvalue weighted by atomic mass is 10.1. The maximum absolute atomic E-state index is 10.3. The summed E-state index contributed by atoms with van der Waals surface area (Å²) in [5.41, 5.74) is -0.289. The molecule has 0 aromatic heterocycles. The first-order valence-corrected chi connectivity index (χ1v) is 9.66. The topological polar surface area (TPSA) is 98.0 Å². The lowest BCUT2D eigenvalue weighted by Crippen LogP contribution is -1.95. The van der Waals surface area contributed by atoms with Gasteiger partial charge in [-0.15, -0.1) is 0 Å². The SMILES string of the molecule is CCCCCCCCCCCCS.O=C(O)c1cc(O)c(O)c(O)c1. The number of rotatable bonds is 11. The van der Waals surface area contributed by atoms with E-state index in [-0.39, 0.29) is 5.56 Å². The molecule has 0 aliphatic rings. The normalized spacial score (nSPS) is 10.2. The van der Waals surface area contributed by atoms with Gasteiger partial charge in [-0.05, 0) is 24.3 Å². The number of phenols is 3. The predicted octanol–water partition coefficient (Wildman–Crippen LogP) is 5.34. The monoisotopic (exact) mass is 372 g/mol. The Hall–Kier alpha value is -1.56. The van der Waals surface area contributed by atoms with Crippen molar-refractivity contribution in [3.63, 3.8) is 0 Å². The molecule has 0 heterocycles. The number of thiol groups is 1. The Morgan fingerprint density at radius 3 is 1.60 bits per heavy atom. The van der Waals surface area contributed by atoms with Crippen molar-refractivity contribution in [2.24, 2.45) is 0 Å². The summed E-state index contributed by atoms with van der Waals surface area (Å²) in [6.45, 7) is 2.28. The van der Waals surface area contributed by atoms with Crippen LogP contribution in [0.15, 0.2) is 12.1 Å². The highest BCUT2D eigenvalue weighted by Gasteiger charge is 2.11. The van der Waals surface area contributed by atoms with Crippen molar-refractivity contribution >= 4 is 18.6 Å². The van der Waals surface area contributed by atoms with E-state index in [9.17, 15) is 4.79 Å². The Labute approximate surface area is 156 Å². The summed E-state index contributed by atoms with van der Waals surface area (Å²) in [4.78, 5) is 10.3. The molecule has 0 saturated heterocycles. The first-order chi connectivity index (χ1) is 11.9. The molecule has 6 heteroatoms. The lowest BCUT2D eigenvalue weighted by molar-refractivity contribution is 0.0696. The van der Waals surface area contributed by atoms with Crippen molar-refractivity contribution < 1.29 is 25.2 Å². The molecule has 25 heavy (non-hydrogen) atoms. The van der Waals surface area contributed by atoms with Gasteiger partial charge < -0.3 is 20.4 Å². The Bertz CT molecular complexity index is 458. The molecular weight excluding hydrogens is 340 g/mol. The highest BCUT2D eigenvalue weighted by molar-refractivity contribution is 7.80. The van der Waals surface area contributed by atoms with Crippen LogP contribution in [0.3, 0.4) is 0 Å². The quantitative estimate of drug-likeness (QED) is 0.205. The molecule has 5 nitrogen and oxygen atoms in total. The van der Waals surface area contributed by atoms with Gasteiger partial charge in [-0.1, -0.05) is 64.7 Å². The van der Waals surface area contributed by atoms with Crippen molar-refractivity contribution in [1.82, 2.24) is 0 Å². The maximum atomic E-state index is 10.3. The van der Waals surface area contributed by atoms with Crippen LogP contribution in [0, 0.1) is 0 Å². The zero-order valence-electron chi connectivity index (χ0n) is 15.1.